The molecule has 10 aromatic rings. The highest BCUT2D eigenvalue weighted by molar-refractivity contribution is 5.81. The fourth-order valence-corrected chi connectivity index (χ4v) is 8.41. The minimum atomic E-state index is -0.706. The van der Waals surface area contributed by atoms with Crippen molar-refractivity contribution in [2.24, 2.45) is 5.73 Å². The number of rotatable bonds is 17. The highest BCUT2D eigenvalue weighted by atomic mass is 19.1. The van der Waals surface area contributed by atoms with E-state index >= 15 is 0 Å². The van der Waals surface area contributed by atoms with E-state index in [9.17, 15) is 28.0 Å². The molecule has 4 aromatic carbocycles. The first-order chi connectivity index (χ1) is 38.2. The maximum Gasteiger partial charge on any atom is 0.326 e. The molecule has 7 N–H and O–H groups in total. The Morgan fingerprint density at radius 1 is 0.608 bits per heavy atom. The molecule has 0 bridgehead atoms. The van der Waals surface area contributed by atoms with Crippen LogP contribution in [0.3, 0.4) is 0 Å². The summed E-state index contributed by atoms with van der Waals surface area (Å²) in [6.45, 7) is 6.34. The van der Waals surface area contributed by atoms with Gasteiger partial charge in [0.1, 0.15) is 30.3 Å². The number of nitrogens with one attached hydrogen (secondary N) is 5. The van der Waals surface area contributed by atoms with Gasteiger partial charge in [0.25, 0.3) is 11.1 Å². The summed E-state index contributed by atoms with van der Waals surface area (Å²) in [6.07, 6.45) is 11.2. The standard InChI is InChI=1S/C28H25FN6O2.C24H26FN3O3.C8H9N3/c29-23-9-5-4-8-22(23)25-17-33-27(31-13-10-19-6-2-1-3-7-19)28(37)35(25)18-26(36)32-16-21-14-20-15-30-12-11-24(20)34-21;1-24(2,3)31-21(29)16-28-20(18-11-7-8-12-19(18)25)15-27-22(23(28)30)26-14-13-17-9-5-4-6-10-17;9-4-7-3-6-5-10-2-1-8(6)11-7/h1-9,11-12,14-15,17,34H,10,13,16,18H2,(H,31,33)(H,32,36);4-12,15H,13-14,16H2,1-3H3,(H,26,27);1-3,5,11H,4,9H2. The molecule has 6 aromatic heterocycles. The molecule has 0 radical (unpaired) electrons. The van der Waals surface area contributed by atoms with Gasteiger partial charge in [0, 0.05) is 88.7 Å². The van der Waals surface area contributed by atoms with Crippen LogP contribution in [0.25, 0.3) is 44.3 Å². The number of hydrogen-bond donors (Lipinski definition) is 6. The lowest BCUT2D eigenvalue weighted by Crippen LogP contribution is -2.34. The van der Waals surface area contributed by atoms with E-state index in [0.717, 1.165) is 44.3 Å². The molecule has 79 heavy (non-hydrogen) atoms. The molecule has 0 aliphatic carbocycles. The van der Waals surface area contributed by atoms with Crippen molar-refractivity contribution in [2.45, 2.75) is 65.4 Å². The summed E-state index contributed by atoms with van der Waals surface area (Å²) in [7, 11) is 0. The Labute approximate surface area is 454 Å². The summed E-state index contributed by atoms with van der Waals surface area (Å²) in [4.78, 5) is 74.8. The summed E-state index contributed by atoms with van der Waals surface area (Å²) < 4.78 is 36.8. The van der Waals surface area contributed by atoms with Crippen molar-refractivity contribution in [1.29, 1.82) is 0 Å². The molecule has 0 aliphatic heterocycles. The van der Waals surface area contributed by atoms with Gasteiger partial charge in [0.05, 0.1) is 30.3 Å². The normalized spacial score (nSPS) is 11.0. The van der Waals surface area contributed by atoms with Crippen LogP contribution in [0, 0.1) is 11.6 Å². The minimum Gasteiger partial charge on any atom is -0.459 e. The highest BCUT2D eigenvalue weighted by Gasteiger charge is 2.22. The molecule has 0 spiro atoms. The van der Waals surface area contributed by atoms with Crippen molar-refractivity contribution in [3.05, 3.63) is 225 Å². The number of amides is 1. The molecule has 0 saturated carbocycles. The topological polar surface area (TPSA) is 233 Å². The van der Waals surface area contributed by atoms with E-state index in [2.05, 4.69) is 45.9 Å². The molecule has 404 valence electrons. The van der Waals surface area contributed by atoms with Crippen LogP contribution in [0.1, 0.15) is 43.3 Å². The lowest BCUT2D eigenvalue weighted by atomic mass is 10.1. The molecule has 0 fully saturated rings. The van der Waals surface area contributed by atoms with Crippen LogP contribution in [0.5, 0.6) is 0 Å². The third-order valence-corrected chi connectivity index (χ3v) is 12.2. The Bertz CT molecular complexity index is 3710. The number of aromatic nitrogens is 8. The molecule has 0 atom stereocenters. The summed E-state index contributed by atoms with van der Waals surface area (Å²) in [6, 6.07) is 39.6. The molecule has 19 heteroatoms. The molecular formula is C60H60F2N12O5. The van der Waals surface area contributed by atoms with Gasteiger partial charge in [-0.3, -0.25) is 38.3 Å². The second-order valence-corrected chi connectivity index (χ2v) is 19.1. The van der Waals surface area contributed by atoms with E-state index in [1.54, 1.807) is 75.8 Å². The molecule has 0 aliphatic rings. The Balaban J connectivity index is 0.000000176. The lowest BCUT2D eigenvalue weighted by Gasteiger charge is -2.21. The van der Waals surface area contributed by atoms with Crippen LogP contribution in [0.4, 0.5) is 20.4 Å². The zero-order chi connectivity index (χ0) is 55.7. The lowest BCUT2D eigenvalue weighted by molar-refractivity contribution is -0.155. The van der Waals surface area contributed by atoms with Gasteiger partial charge in [-0.2, -0.15) is 0 Å². The Kier molecular flexibility index (Phi) is 18.6. The van der Waals surface area contributed by atoms with E-state index in [1.807, 2.05) is 91.1 Å². The number of carbonyl (C=O) groups excluding carboxylic acids is 2. The van der Waals surface area contributed by atoms with Crippen molar-refractivity contribution in [1.82, 2.24) is 44.4 Å². The fourth-order valence-electron chi connectivity index (χ4n) is 8.41. The third kappa shape index (κ3) is 15.3. The first-order valence-corrected chi connectivity index (χ1v) is 25.5. The van der Waals surface area contributed by atoms with Crippen LogP contribution in [-0.2, 0) is 53.3 Å². The number of halogens is 2. The SMILES string of the molecule is CC(C)(C)OC(=O)Cn1c(-c2ccccc2F)cnc(NCCc2ccccc2)c1=O.NCc1cc2cnccc2[nH]1.O=C(Cn1c(-c2ccccc2F)cnc(NCCc2ccccc2)c1=O)NCc1cc2cnccc2[nH]1. The summed E-state index contributed by atoms with van der Waals surface area (Å²) >= 11 is 0. The maximum atomic E-state index is 14.6. The van der Waals surface area contributed by atoms with E-state index in [0.29, 0.717) is 32.5 Å². The number of aromatic amines is 2. The summed E-state index contributed by atoms with van der Waals surface area (Å²) in [5.74, 6) is -1.79. The maximum absolute atomic E-state index is 14.6. The van der Waals surface area contributed by atoms with E-state index in [-0.39, 0.29) is 53.8 Å². The fraction of sp³-hybridized carbons (Fsp3) is 0.200. The van der Waals surface area contributed by atoms with Gasteiger partial charge < -0.3 is 36.4 Å². The predicted molar refractivity (Wildman–Crippen MR) is 303 cm³/mol. The van der Waals surface area contributed by atoms with Crippen LogP contribution in [-0.4, -0.2) is 69.6 Å². The van der Waals surface area contributed by atoms with Gasteiger partial charge in [0.15, 0.2) is 11.6 Å². The van der Waals surface area contributed by atoms with Crippen molar-refractivity contribution in [3.63, 3.8) is 0 Å². The number of H-pyrrole nitrogens is 2. The smallest absolute Gasteiger partial charge is 0.326 e. The number of esters is 1. The quantitative estimate of drug-likeness (QED) is 0.0469. The number of anilines is 2. The molecule has 17 nitrogen and oxygen atoms in total. The van der Waals surface area contributed by atoms with Crippen molar-refractivity contribution in [3.8, 4) is 22.5 Å². The Morgan fingerprint density at radius 3 is 1.53 bits per heavy atom. The van der Waals surface area contributed by atoms with Gasteiger partial charge in [-0.05, 0) is 93.3 Å². The van der Waals surface area contributed by atoms with Gasteiger partial charge in [-0.1, -0.05) is 84.9 Å². The molecule has 0 unspecified atom stereocenters. The largest absolute Gasteiger partial charge is 0.459 e. The molecular weight excluding hydrogens is 1010 g/mol. The van der Waals surface area contributed by atoms with E-state index in [4.69, 9.17) is 10.5 Å². The zero-order valence-electron chi connectivity index (χ0n) is 43.9. The third-order valence-electron chi connectivity index (χ3n) is 12.2. The highest BCUT2D eigenvalue weighted by Crippen LogP contribution is 2.24. The van der Waals surface area contributed by atoms with Crippen LogP contribution < -0.4 is 32.8 Å². The Morgan fingerprint density at radius 2 is 1.06 bits per heavy atom. The minimum absolute atomic E-state index is 0.0968. The average Bonchev–Trinajstić information content (AvgIpc) is 4.13. The number of fused-ring (bicyclic) bond motifs is 2. The van der Waals surface area contributed by atoms with Gasteiger partial charge in [-0.25, -0.2) is 18.7 Å². The second-order valence-electron chi connectivity index (χ2n) is 19.1. The summed E-state index contributed by atoms with van der Waals surface area (Å²) in [5.41, 5.74) is 10.7. The molecule has 1 amide bonds. The van der Waals surface area contributed by atoms with Crippen molar-refractivity contribution < 1.29 is 23.1 Å². The van der Waals surface area contributed by atoms with Gasteiger partial charge in [0.2, 0.25) is 5.91 Å². The van der Waals surface area contributed by atoms with Gasteiger partial charge in [-0.15, -0.1) is 0 Å². The Hall–Kier alpha value is -9.62. The first kappa shape index (κ1) is 55.6. The average molecular weight is 1070 g/mol. The van der Waals surface area contributed by atoms with Crippen LogP contribution in [0.15, 0.2) is 180 Å². The number of benzene rings is 4. The van der Waals surface area contributed by atoms with E-state index in [1.165, 1.54) is 33.7 Å². The van der Waals surface area contributed by atoms with Crippen LogP contribution in [0.2, 0.25) is 0 Å². The molecule has 6 heterocycles. The zero-order valence-corrected chi connectivity index (χ0v) is 43.9. The monoisotopic (exact) mass is 1070 g/mol. The number of hydrogen-bond acceptors (Lipinski definition) is 12. The van der Waals surface area contributed by atoms with Gasteiger partial charge >= 0.3 is 5.97 Å². The van der Waals surface area contributed by atoms with Crippen molar-refractivity contribution >= 4 is 45.3 Å². The number of ether oxygens (including phenoxy) is 1. The first-order valence-electron chi connectivity index (χ1n) is 25.5. The number of carbonyl (C=O) groups is 2. The second kappa shape index (κ2) is 26.4. The summed E-state index contributed by atoms with van der Waals surface area (Å²) in [5, 5.41) is 11.0. The molecule has 0 saturated heterocycles. The number of nitrogens with two attached hydrogens (primary N) is 1. The number of pyridine rings is 2. The number of nitrogens with zero attached hydrogens (tertiary/aromatic N) is 6. The van der Waals surface area contributed by atoms with Crippen molar-refractivity contribution in [2.75, 3.05) is 23.7 Å². The molecule has 10 rings (SSSR count). The predicted octanol–water partition coefficient (Wildman–Crippen LogP) is 8.96. The van der Waals surface area contributed by atoms with Crippen LogP contribution >= 0.6 is 0 Å². The van der Waals surface area contributed by atoms with E-state index < -0.39 is 40.2 Å².